The van der Waals surface area contributed by atoms with Gasteiger partial charge in [-0.25, -0.2) is 4.79 Å². The van der Waals surface area contributed by atoms with Crippen LogP contribution in [0.15, 0.2) is 57.7 Å². The topological polar surface area (TPSA) is 56.5 Å². The molecule has 0 saturated carbocycles. The van der Waals surface area contributed by atoms with Gasteiger partial charge in [0.25, 0.3) is 0 Å². The molecule has 1 heterocycles. The second kappa shape index (κ2) is 7.56. The fourth-order valence-electron chi connectivity index (χ4n) is 3.15. The molecule has 0 saturated heterocycles. The van der Waals surface area contributed by atoms with Crippen LogP contribution in [0.4, 0.5) is 0 Å². The predicted molar refractivity (Wildman–Crippen MR) is 102 cm³/mol. The van der Waals surface area contributed by atoms with Crippen LogP contribution >= 0.6 is 0 Å². The lowest BCUT2D eigenvalue weighted by Crippen LogP contribution is -2.16. The molecule has 26 heavy (non-hydrogen) atoms. The first-order valence-corrected chi connectivity index (χ1v) is 8.79. The Bertz CT molecular complexity index is 1000. The molecule has 0 fully saturated rings. The molecule has 0 aliphatic carbocycles. The highest BCUT2D eigenvalue weighted by atomic mass is 16.5. The molecule has 0 N–H and O–H groups in total. The molecule has 0 spiro atoms. The molecule has 1 atom stereocenters. The zero-order chi connectivity index (χ0) is 18.7. The molecule has 0 bridgehead atoms. The molecule has 0 aliphatic heterocycles. The third-order valence-electron chi connectivity index (χ3n) is 4.48. The number of benzene rings is 2. The number of aryl methyl sites for hydroxylation is 1. The van der Waals surface area contributed by atoms with Gasteiger partial charge < -0.3 is 9.15 Å². The minimum atomic E-state index is -0.383. The van der Waals surface area contributed by atoms with E-state index in [0.29, 0.717) is 18.6 Å². The van der Waals surface area contributed by atoms with Gasteiger partial charge in [-0.2, -0.15) is 0 Å². The summed E-state index contributed by atoms with van der Waals surface area (Å²) in [5.74, 6) is -0.471. The Morgan fingerprint density at radius 2 is 1.88 bits per heavy atom. The van der Waals surface area contributed by atoms with Crippen LogP contribution in [0, 0.1) is 12.8 Å². The van der Waals surface area contributed by atoms with Gasteiger partial charge in [-0.15, -0.1) is 0 Å². The van der Waals surface area contributed by atoms with E-state index in [1.165, 1.54) is 6.07 Å². The van der Waals surface area contributed by atoms with E-state index >= 15 is 0 Å². The smallest absolute Gasteiger partial charge is 0.336 e. The molecule has 4 heteroatoms. The average molecular weight is 350 g/mol. The molecule has 3 aromatic rings. The number of carbonyl (C=O) groups is 1. The summed E-state index contributed by atoms with van der Waals surface area (Å²) in [5, 5.41) is 0.881. The highest BCUT2D eigenvalue weighted by Crippen LogP contribution is 2.30. The van der Waals surface area contributed by atoms with E-state index in [0.717, 1.165) is 27.6 Å². The van der Waals surface area contributed by atoms with Crippen LogP contribution in [0.3, 0.4) is 0 Å². The number of fused-ring (bicyclic) bond motifs is 1. The van der Waals surface area contributed by atoms with Gasteiger partial charge in [0.1, 0.15) is 5.58 Å². The van der Waals surface area contributed by atoms with Crippen LogP contribution in [0.1, 0.15) is 25.0 Å². The number of hydrogen-bond donors (Lipinski definition) is 0. The Kier molecular flexibility index (Phi) is 5.21. The molecule has 4 nitrogen and oxygen atoms in total. The van der Waals surface area contributed by atoms with Gasteiger partial charge in [-0.1, -0.05) is 43.3 Å². The van der Waals surface area contributed by atoms with Crippen LogP contribution in [-0.4, -0.2) is 12.6 Å². The van der Waals surface area contributed by atoms with Crippen molar-refractivity contribution < 1.29 is 13.9 Å². The predicted octanol–water partition coefficient (Wildman–Crippen LogP) is 4.51. The first-order chi connectivity index (χ1) is 12.5. The fraction of sp³-hybridized carbons (Fsp3) is 0.273. The van der Waals surface area contributed by atoms with E-state index in [9.17, 15) is 9.59 Å². The zero-order valence-electron chi connectivity index (χ0n) is 15.2. The minimum Gasteiger partial charge on any atom is -0.466 e. The lowest BCUT2D eigenvalue weighted by Gasteiger charge is -2.12. The Labute approximate surface area is 152 Å². The third kappa shape index (κ3) is 3.69. The molecular formula is C22H22O4. The third-order valence-corrected chi connectivity index (χ3v) is 4.48. The van der Waals surface area contributed by atoms with Crippen molar-refractivity contribution in [3.63, 3.8) is 0 Å². The largest absolute Gasteiger partial charge is 0.466 e. The van der Waals surface area contributed by atoms with Crippen molar-refractivity contribution in [1.82, 2.24) is 0 Å². The Morgan fingerprint density at radius 1 is 1.12 bits per heavy atom. The van der Waals surface area contributed by atoms with Gasteiger partial charge in [-0.3, -0.25) is 4.79 Å². The van der Waals surface area contributed by atoms with Crippen LogP contribution in [-0.2, 0) is 16.0 Å². The lowest BCUT2D eigenvalue weighted by atomic mass is 9.95. The number of rotatable bonds is 5. The van der Waals surface area contributed by atoms with Crippen molar-refractivity contribution in [3.05, 3.63) is 70.1 Å². The second-order valence-electron chi connectivity index (χ2n) is 6.48. The van der Waals surface area contributed by atoms with E-state index in [2.05, 4.69) is 0 Å². The van der Waals surface area contributed by atoms with E-state index in [-0.39, 0.29) is 17.5 Å². The summed E-state index contributed by atoms with van der Waals surface area (Å²) in [6.45, 7) is 6.02. The number of ether oxygens (including phenoxy) is 1. The van der Waals surface area contributed by atoms with Crippen LogP contribution < -0.4 is 5.63 Å². The summed E-state index contributed by atoms with van der Waals surface area (Å²) in [7, 11) is 0. The highest BCUT2D eigenvalue weighted by molar-refractivity contribution is 5.94. The van der Waals surface area contributed by atoms with Crippen molar-refractivity contribution in [1.29, 1.82) is 0 Å². The van der Waals surface area contributed by atoms with Crippen molar-refractivity contribution in [2.75, 3.05) is 6.61 Å². The number of hydrogen-bond acceptors (Lipinski definition) is 4. The maximum absolute atomic E-state index is 12.1. The molecule has 1 aromatic heterocycles. The van der Waals surface area contributed by atoms with Crippen LogP contribution in [0.2, 0.25) is 0 Å². The monoisotopic (exact) mass is 350 g/mol. The molecule has 3 rings (SSSR count). The summed E-state index contributed by atoms with van der Waals surface area (Å²) >= 11 is 0. The van der Waals surface area contributed by atoms with Crippen molar-refractivity contribution in [2.45, 2.75) is 27.2 Å². The summed E-state index contributed by atoms with van der Waals surface area (Å²) in [6.07, 6.45) is 0.535. The minimum absolute atomic E-state index is 0.220. The SMILES string of the molecule is CCOC(=O)C(C)Cc1ccc2c(-c3ccccc3C)cc(=O)oc2c1. The van der Waals surface area contributed by atoms with E-state index in [1.54, 1.807) is 6.92 Å². The van der Waals surface area contributed by atoms with Crippen molar-refractivity contribution in [3.8, 4) is 11.1 Å². The molecule has 2 aromatic carbocycles. The maximum atomic E-state index is 12.1. The number of carbonyl (C=O) groups excluding carboxylic acids is 1. The first-order valence-electron chi connectivity index (χ1n) is 8.79. The lowest BCUT2D eigenvalue weighted by molar-refractivity contribution is -0.147. The summed E-state index contributed by atoms with van der Waals surface area (Å²) in [5.41, 5.74) is 4.05. The normalized spacial score (nSPS) is 12.1. The van der Waals surface area contributed by atoms with Crippen molar-refractivity contribution in [2.24, 2.45) is 5.92 Å². The molecule has 0 radical (unpaired) electrons. The Hall–Kier alpha value is -2.88. The van der Waals surface area contributed by atoms with Crippen LogP contribution in [0.25, 0.3) is 22.1 Å². The Morgan fingerprint density at radius 3 is 2.62 bits per heavy atom. The molecule has 1 unspecified atom stereocenters. The number of esters is 1. The average Bonchev–Trinajstić information content (AvgIpc) is 2.61. The van der Waals surface area contributed by atoms with Crippen LogP contribution in [0.5, 0.6) is 0 Å². The summed E-state index contributed by atoms with van der Waals surface area (Å²) < 4.78 is 10.5. The molecule has 0 amide bonds. The van der Waals surface area contributed by atoms with Gasteiger partial charge in [0.05, 0.1) is 12.5 Å². The van der Waals surface area contributed by atoms with E-state index in [4.69, 9.17) is 9.15 Å². The Balaban J connectivity index is 2.03. The van der Waals surface area contributed by atoms with Gasteiger partial charge in [0.15, 0.2) is 0 Å². The molecule has 0 aliphatic rings. The highest BCUT2D eigenvalue weighted by Gasteiger charge is 2.16. The van der Waals surface area contributed by atoms with Gasteiger partial charge in [0, 0.05) is 17.0 Å². The van der Waals surface area contributed by atoms with Gasteiger partial charge >= 0.3 is 11.6 Å². The summed E-state index contributed by atoms with van der Waals surface area (Å²) in [6, 6.07) is 15.2. The second-order valence-corrected chi connectivity index (χ2v) is 6.48. The van der Waals surface area contributed by atoms with Gasteiger partial charge in [0.2, 0.25) is 0 Å². The first kappa shape index (κ1) is 17.9. The van der Waals surface area contributed by atoms with Crippen molar-refractivity contribution >= 4 is 16.9 Å². The maximum Gasteiger partial charge on any atom is 0.336 e. The quantitative estimate of drug-likeness (QED) is 0.502. The molecule has 134 valence electrons. The van der Waals surface area contributed by atoms with E-state index in [1.807, 2.05) is 56.3 Å². The fourth-order valence-corrected chi connectivity index (χ4v) is 3.15. The van der Waals surface area contributed by atoms with Gasteiger partial charge in [-0.05, 0) is 43.0 Å². The summed E-state index contributed by atoms with van der Waals surface area (Å²) in [4.78, 5) is 23.9. The standard InChI is InChI=1S/C22H22O4/c1-4-25-22(24)15(3)11-16-9-10-18-19(13-21(23)26-20(18)12-16)17-8-6-5-7-14(17)2/h5-10,12-13,15H,4,11H2,1-3H3. The zero-order valence-corrected chi connectivity index (χ0v) is 15.2. The molecular weight excluding hydrogens is 328 g/mol. The van der Waals surface area contributed by atoms with E-state index < -0.39 is 0 Å².